The van der Waals surface area contributed by atoms with Crippen LogP contribution in [0.1, 0.15) is 214 Å². The van der Waals surface area contributed by atoms with Crippen LogP contribution in [0.5, 0.6) is 0 Å². The molecule has 0 saturated carbocycles. The Morgan fingerprint density at radius 1 is 0.490 bits per heavy atom. The number of allylic oxidation sites excluding steroid dienone is 4. The van der Waals surface area contributed by atoms with Crippen LogP contribution in [0.4, 0.5) is 0 Å². The summed E-state index contributed by atoms with van der Waals surface area (Å²) in [6, 6.07) is 0. The number of esters is 2. The summed E-state index contributed by atoms with van der Waals surface area (Å²) in [4.78, 5) is 25.3. The van der Waals surface area contributed by atoms with Gasteiger partial charge in [0.2, 0.25) is 12.5 Å². The first-order valence-corrected chi connectivity index (χ1v) is 20.9. The maximum atomic E-state index is 12.6. The van der Waals surface area contributed by atoms with Gasteiger partial charge in [-0.25, -0.2) is 4.48 Å². The van der Waals surface area contributed by atoms with Crippen molar-refractivity contribution < 1.29 is 28.7 Å². The summed E-state index contributed by atoms with van der Waals surface area (Å²) >= 11 is 0. The zero-order chi connectivity index (χ0) is 36.4. The summed E-state index contributed by atoms with van der Waals surface area (Å²) in [7, 11) is 1.78. The van der Waals surface area contributed by atoms with Gasteiger partial charge in [0.15, 0.2) is 6.23 Å². The minimum Gasteiger partial charge on any atom is -0.412 e. The predicted molar refractivity (Wildman–Crippen MR) is 208 cm³/mol. The van der Waals surface area contributed by atoms with Crippen molar-refractivity contribution in [3.8, 4) is 0 Å². The number of hydrogen-bond donors (Lipinski definition) is 1. The molecule has 0 aromatic heterocycles. The fourth-order valence-electron chi connectivity index (χ4n) is 6.31. The van der Waals surface area contributed by atoms with Gasteiger partial charge in [-0.2, -0.15) is 0 Å². The van der Waals surface area contributed by atoms with Crippen LogP contribution in [0.15, 0.2) is 24.3 Å². The van der Waals surface area contributed by atoms with Crippen LogP contribution in [0.25, 0.3) is 0 Å². The molecule has 0 aromatic rings. The Labute approximate surface area is 304 Å². The highest BCUT2D eigenvalue weighted by Crippen LogP contribution is 2.24. The largest absolute Gasteiger partial charge is 0.412 e. The Kier molecular flexibility index (Phi) is 32.3. The number of carbonyl (C=O) groups excluding carboxylic acids is 2. The van der Waals surface area contributed by atoms with E-state index < -0.39 is 18.7 Å². The van der Waals surface area contributed by atoms with Crippen molar-refractivity contribution in [2.24, 2.45) is 0 Å². The quantitative estimate of drug-likeness (QED) is 0.0235. The van der Waals surface area contributed by atoms with E-state index in [4.69, 9.17) is 9.47 Å². The summed E-state index contributed by atoms with van der Waals surface area (Å²) in [5, 5.41) is 10.7. The van der Waals surface area contributed by atoms with Crippen molar-refractivity contribution in [1.82, 2.24) is 0 Å². The molecular formula is C43H82NO5+. The van der Waals surface area contributed by atoms with Gasteiger partial charge in [0, 0.05) is 33.6 Å². The van der Waals surface area contributed by atoms with Gasteiger partial charge >= 0.3 is 11.9 Å². The zero-order valence-electron chi connectivity index (χ0n) is 33.4. The van der Waals surface area contributed by atoms with Crippen molar-refractivity contribution in [2.75, 3.05) is 7.05 Å². The fraction of sp³-hybridized carbons (Fsp3) is 0.860. The number of carbonyl (C=O) groups is 2. The van der Waals surface area contributed by atoms with E-state index in [0.29, 0.717) is 12.8 Å². The van der Waals surface area contributed by atoms with Gasteiger partial charge in [0.25, 0.3) is 0 Å². The van der Waals surface area contributed by atoms with Crippen LogP contribution >= 0.6 is 0 Å². The number of quaternary nitrogens is 1. The predicted octanol–water partition coefficient (Wildman–Crippen LogP) is 12.6. The molecular weight excluding hydrogens is 610 g/mol. The SMILES string of the molecule is CCCCCCCCC=CCCCCCCCC(=O)OC(C)[N+](C)(C(C)O)C(C)OC(=O)CCCCCCCC=CCCCCCCCC. The van der Waals surface area contributed by atoms with Gasteiger partial charge in [-0.15, -0.1) is 0 Å². The van der Waals surface area contributed by atoms with E-state index in [2.05, 4.69) is 38.2 Å². The molecule has 0 spiro atoms. The maximum Gasteiger partial charge on any atom is 0.310 e. The molecule has 49 heavy (non-hydrogen) atoms. The van der Waals surface area contributed by atoms with Gasteiger partial charge in [-0.1, -0.05) is 141 Å². The second-order valence-corrected chi connectivity index (χ2v) is 14.7. The summed E-state index contributed by atoms with van der Waals surface area (Å²) in [6.07, 6.45) is 39.5. The molecule has 0 radical (unpaired) electrons. The minimum absolute atomic E-state index is 0.0871. The highest BCUT2D eigenvalue weighted by atomic mass is 16.6. The molecule has 0 aliphatic heterocycles. The molecule has 6 heteroatoms. The van der Waals surface area contributed by atoms with E-state index in [9.17, 15) is 14.7 Å². The molecule has 0 bridgehead atoms. The molecule has 6 nitrogen and oxygen atoms in total. The lowest BCUT2D eigenvalue weighted by Crippen LogP contribution is -2.63. The Bertz CT molecular complexity index is 763. The number of ether oxygens (including phenoxy) is 2. The average molecular weight is 693 g/mol. The number of unbranched alkanes of at least 4 members (excludes halogenated alkanes) is 22. The molecule has 288 valence electrons. The van der Waals surface area contributed by atoms with E-state index >= 15 is 0 Å². The first-order valence-electron chi connectivity index (χ1n) is 20.9. The van der Waals surface area contributed by atoms with Crippen molar-refractivity contribution >= 4 is 11.9 Å². The number of nitrogens with zero attached hydrogens (tertiary/aromatic N) is 1. The summed E-state index contributed by atoms with van der Waals surface area (Å²) in [5.41, 5.74) is 0. The highest BCUT2D eigenvalue weighted by molar-refractivity contribution is 5.69. The van der Waals surface area contributed by atoms with Gasteiger partial charge in [0.1, 0.15) is 0 Å². The van der Waals surface area contributed by atoms with Crippen LogP contribution < -0.4 is 0 Å². The Morgan fingerprint density at radius 2 is 0.755 bits per heavy atom. The first kappa shape index (κ1) is 47.3. The molecule has 1 N–H and O–H groups in total. The number of hydrogen-bond acceptors (Lipinski definition) is 5. The normalized spacial score (nSPS) is 15.0. The number of rotatable bonds is 35. The van der Waals surface area contributed by atoms with Crippen LogP contribution in [0.2, 0.25) is 0 Å². The van der Waals surface area contributed by atoms with Gasteiger partial charge in [-0.3, -0.25) is 9.59 Å². The summed E-state index contributed by atoms with van der Waals surface area (Å²) < 4.78 is 11.4. The van der Waals surface area contributed by atoms with Gasteiger partial charge in [-0.05, 0) is 64.2 Å². The summed E-state index contributed by atoms with van der Waals surface area (Å²) in [5.74, 6) is -0.524. The van der Waals surface area contributed by atoms with E-state index in [1.54, 1.807) is 27.8 Å². The molecule has 3 atom stereocenters. The van der Waals surface area contributed by atoms with Crippen molar-refractivity contribution in [3.05, 3.63) is 24.3 Å². The molecule has 0 fully saturated rings. The third-order valence-corrected chi connectivity index (χ3v) is 10.3. The van der Waals surface area contributed by atoms with Crippen molar-refractivity contribution in [1.29, 1.82) is 0 Å². The lowest BCUT2D eigenvalue weighted by molar-refractivity contribution is -1.02. The smallest absolute Gasteiger partial charge is 0.310 e. The molecule has 0 aliphatic carbocycles. The molecule has 0 saturated heterocycles. The molecule has 0 amide bonds. The van der Waals surface area contributed by atoms with Crippen LogP contribution in [0.3, 0.4) is 0 Å². The monoisotopic (exact) mass is 693 g/mol. The Morgan fingerprint density at radius 3 is 1.04 bits per heavy atom. The minimum atomic E-state index is -0.870. The van der Waals surface area contributed by atoms with Crippen molar-refractivity contribution in [3.63, 3.8) is 0 Å². The van der Waals surface area contributed by atoms with Crippen LogP contribution in [0, 0.1) is 0 Å². The topological polar surface area (TPSA) is 72.8 Å². The van der Waals surface area contributed by atoms with Crippen molar-refractivity contribution in [2.45, 2.75) is 233 Å². The van der Waals surface area contributed by atoms with E-state index in [1.807, 2.05) is 0 Å². The second kappa shape index (κ2) is 33.5. The Hall–Kier alpha value is -1.66. The molecule has 0 heterocycles. The first-order chi connectivity index (χ1) is 23.7. The standard InChI is InChI=1S/C43H82NO5/c1-7-9-11-13-15-17-19-21-23-25-27-29-31-33-35-37-42(46)48-40(4)44(6,39(3)45)41(5)49-43(47)38-36-34-32-30-28-26-24-22-20-18-16-14-12-10-8-2/h21-24,39-41,45H,7-20,25-38H2,1-6H3/q+1. The van der Waals surface area contributed by atoms with E-state index in [-0.39, 0.29) is 16.4 Å². The number of aliphatic hydroxyl groups is 1. The lowest BCUT2D eigenvalue weighted by Gasteiger charge is -2.44. The lowest BCUT2D eigenvalue weighted by atomic mass is 10.1. The highest BCUT2D eigenvalue weighted by Gasteiger charge is 2.43. The van der Waals surface area contributed by atoms with Crippen LogP contribution in [-0.2, 0) is 19.1 Å². The molecule has 0 rings (SSSR count). The van der Waals surface area contributed by atoms with Gasteiger partial charge in [0.05, 0.1) is 7.05 Å². The van der Waals surface area contributed by atoms with E-state index in [1.165, 1.54) is 116 Å². The summed E-state index contributed by atoms with van der Waals surface area (Å²) in [6.45, 7) is 9.73. The maximum absolute atomic E-state index is 12.6. The zero-order valence-corrected chi connectivity index (χ0v) is 33.4. The third-order valence-electron chi connectivity index (χ3n) is 10.3. The average Bonchev–Trinajstić information content (AvgIpc) is 3.07. The van der Waals surface area contributed by atoms with Gasteiger partial charge < -0.3 is 14.6 Å². The fourth-order valence-corrected chi connectivity index (χ4v) is 6.31. The number of aliphatic hydroxyl groups excluding tert-OH is 1. The second-order valence-electron chi connectivity index (χ2n) is 14.7. The molecule has 0 aliphatic rings. The van der Waals surface area contributed by atoms with E-state index in [0.717, 1.165) is 51.4 Å². The third kappa shape index (κ3) is 26.8. The Balaban J connectivity index is 4.07. The van der Waals surface area contributed by atoms with Crippen LogP contribution in [-0.4, -0.2) is 47.3 Å². The molecule has 0 aromatic carbocycles. The molecule has 3 unspecified atom stereocenters.